The summed E-state index contributed by atoms with van der Waals surface area (Å²) in [5, 5.41) is 0. The van der Waals surface area contributed by atoms with Crippen LogP contribution in [0.5, 0.6) is 0 Å². The number of benzene rings is 1. The number of rotatable bonds is 4. The van der Waals surface area contributed by atoms with E-state index in [0.29, 0.717) is 6.61 Å². The lowest BCUT2D eigenvalue weighted by molar-refractivity contribution is -0.0156. The third-order valence-corrected chi connectivity index (χ3v) is 5.48. The van der Waals surface area contributed by atoms with Crippen LogP contribution in [0.15, 0.2) is 48.7 Å². The Kier molecular flexibility index (Phi) is 4.67. The molecule has 1 aliphatic heterocycles. The second-order valence-electron chi connectivity index (χ2n) is 5.83. The molecule has 124 valence electrons. The smallest absolute Gasteiger partial charge is 0.126 e. The first kappa shape index (κ1) is 15.8. The van der Waals surface area contributed by atoms with E-state index in [1.165, 1.54) is 5.56 Å². The molecule has 1 aromatic carbocycles. The Labute approximate surface area is 150 Å². The summed E-state index contributed by atoms with van der Waals surface area (Å²) in [6.45, 7) is 3.22. The van der Waals surface area contributed by atoms with Crippen molar-refractivity contribution in [1.82, 2.24) is 14.9 Å². The van der Waals surface area contributed by atoms with Crippen LogP contribution in [0.4, 0.5) is 0 Å². The van der Waals surface area contributed by atoms with Gasteiger partial charge in [-0.1, -0.05) is 41.9 Å². The third kappa shape index (κ3) is 3.39. The van der Waals surface area contributed by atoms with Gasteiger partial charge in [-0.25, -0.2) is 4.98 Å². The molecule has 1 fully saturated rings. The van der Waals surface area contributed by atoms with Gasteiger partial charge in [0.15, 0.2) is 0 Å². The summed E-state index contributed by atoms with van der Waals surface area (Å²) in [5.41, 5.74) is 2.31. The highest BCUT2D eigenvalue weighted by Gasteiger charge is 2.27. The van der Waals surface area contributed by atoms with Crippen molar-refractivity contribution < 1.29 is 4.74 Å². The molecule has 1 saturated heterocycles. The molecule has 1 atom stereocenters. The molecule has 3 heterocycles. The van der Waals surface area contributed by atoms with Crippen LogP contribution in [0.2, 0.25) is 4.34 Å². The Balaban J connectivity index is 1.55. The number of halogens is 1. The molecule has 1 aliphatic rings. The summed E-state index contributed by atoms with van der Waals surface area (Å²) < 4.78 is 6.49. The van der Waals surface area contributed by atoms with Crippen LogP contribution in [-0.2, 0) is 11.3 Å². The van der Waals surface area contributed by atoms with Crippen LogP contribution >= 0.6 is 22.9 Å². The topological polar surface area (TPSA) is 41.1 Å². The lowest BCUT2D eigenvalue weighted by Gasteiger charge is -2.34. The fourth-order valence-electron chi connectivity index (χ4n) is 2.99. The number of hydrogen-bond donors (Lipinski definition) is 1. The maximum absolute atomic E-state index is 6.04. The molecule has 0 amide bonds. The molecule has 3 aromatic rings. The van der Waals surface area contributed by atoms with E-state index in [-0.39, 0.29) is 6.04 Å². The molecule has 0 aliphatic carbocycles. The summed E-state index contributed by atoms with van der Waals surface area (Å²) in [6, 6.07) is 14.6. The predicted molar refractivity (Wildman–Crippen MR) is 97.3 cm³/mol. The Morgan fingerprint density at radius 3 is 2.92 bits per heavy atom. The van der Waals surface area contributed by atoms with Crippen LogP contribution in [0, 0.1) is 0 Å². The number of thiophene rings is 1. The van der Waals surface area contributed by atoms with Crippen molar-refractivity contribution >= 4 is 22.9 Å². The Morgan fingerprint density at radius 2 is 2.12 bits per heavy atom. The summed E-state index contributed by atoms with van der Waals surface area (Å²) in [4.78, 5) is 11.6. The van der Waals surface area contributed by atoms with Gasteiger partial charge in [0, 0.05) is 13.1 Å². The number of nitrogens with zero attached hydrogens (tertiary/aromatic N) is 2. The highest BCUT2D eigenvalue weighted by molar-refractivity contribution is 7.19. The molecule has 4 nitrogen and oxygen atoms in total. The summed E-state index contributed by atoms with van der Waals surface area (Å²) >= 11 is 7.59. The number of nitrogens with one attached hydrogen (secondary N) is 1. The predicted octanol–water partition coefficient (Wildman–Crippen LogP) is 4.37. The van der Waals surface area contributed by atoms with Gasteiger partial charge in [-0.05, 0) is 17.7 Å². The SMILES string of the molecule is Clc1ccc(-c2cnc(C3COCCN3Cc3ccccc3)[nH]2)s1. The number of aromatic amines is 1. The number of ether oxygens (including phenoxy) is 1. The average Bonchev–Trinajstić information content (AvgIpc) is 3.25. The highest BCUT2D eigenvalue weighted by Crippen LogP contribution is 2.31. The fourth-order valence-corrected chi connectivity index (χ4v) is 4.00. The number of imidazole rings is 1. The van der Waals surface area contributed by atoms with Crippen LogP contribution in [0.3, 0.4) is 0 Å². The van der Waals surface area contributed by atoms with Gasteiger partial charge in [0.05, 0.1) is 40.4 Å². The van der Waals surface area contributed by atoms with Gasteiger partial charge in [-0.2, -0.15) is 0 Å². The van der Waals surface area contributed by atoms with Gasteiger partial charge in [0.25, 0.3) is 0 Å². The highest BCUT2D eigenvalue weighted by atomic mass is 35.5. The van der Waals surface area contributed by atoms with E-state index in [1.807, 2.05) is 24.4 Å². The molecule has 6 heteroatoms. The zero-order valence-corrected chi connectivity index (χ0v) is 14.7. The van der Waals surface area contributed by atoms with Crippen molar-refractivity contribution in [1.29, 1.82) is 0 Å². The van der Waals surface area contributed by atoms with Crippen LogP contribution in [0.25, 0.3) is 10.6 Å². The monoisotopic (exact) mass is 359 g/mol. The van der Waals surface area contributed by atoms with Crippen LogP contribution < -0.4 is 0 Å². The molecule has 2 aromatic heterocycles. The minimum atomic E-state index is 0.142. The Hall–Kier alpha value is -1.66. The van der Waals surface area contributed by atoms with Crippen LogP contribution in [0.1, 0.15) is 17.4 Å². The second-order valence-corrected chi connectivity index (χ2v) is 7.55. The number of aromatic nitrogens is 2. The van der Waals surface area contributed by atoms with E-state index in [1.54, 1.807) is 11.3 Å². The van der Waals surface area contributed by atoms with Crippen molar-refractivity contribution in [3.8, 4) is 10.6 Å². The van der Waals surface area contributed by atoms with E-state index >= 15 is 0 Å². The zero-order chi connectivity index (χ0) is 16.4. The van der Waals surface area contributed by atoms with Gasteiger partial charge >= 0.3 is 0 Å². The van der Waals surface area contributed by atoms with E-state index < -0.39 is 0 Å². The molecule has 0 bridgehead atoms. The summed E-state index contributed by atoms with van der Waals surface area (Å²) in [7, 11) is 0. The Bertz CT molecular complexity index is 801. The largest absolute Gasteiger partial charge is 0.378 e. The third-order valence-electron chi connectivity index (χ3n) is 4.22. The second kappa shape index (κ2) is 7.07. The molecule has 24 heavy (non-hydrogen) atoms. The maximum atomic E-state index is 6.04. The first-order chi connectivity index (χ1) is 11.8. The van der Waals surface area contributed by atoms with Crippen molar-refractivity contribution in [3.05, 3.63) is 64.4 Å². The van der Waals surface area contributed by atoms with Gasteiger partial charge in [0.1, 0.15) is 5.82 Å². The van der Waals surface area contributed by atoms with Crippen molar-refractivity contribution in [2.45, 2.75) is 12.6 Å². The van der Waals surface area contributed by atoms with E-state index in [9.17, 15) is 0 Å². The standard InChI is InChI=1S/C18H18ClN3OS/c19-17-7-6-16(24-17)14-10-20-18(21-14)15-12-23-9-8-22(15)11-13-4-2-1-3-5-13/h1-7,10,15H,8-9,11-12H2,(H,20,21). The maximum Gasteiger partial charge on any atom is 0.126 e. The lowest BCUT2D eigenvalue weighted by atomic mass is 10.1. The van der Waals surface area contributed by atoms with E-state index in [2.05, 4.69) is 39.1 Å². The lowest BCUT2D eigenvalue weighted by Crippen LogP contribution is -2.39. The molecule has 1 unspecified atom stereocenters. The van der Waals surface area contributed by atoms with Gasteiger partial charge < -0.3 is 9.72 Å². The minimum absolute atomic E-state index is 0.142. The first-order valence-electron chi connectivity index (χ1n) is 7.96. The van der Waals surface area contributed by atoms with Gasteiger partial charge in [0.2, 0.25) is 0 Å². The molecule has 1 N–H and O–H groups in total. The minimum Gasteiger partial charge on any atom is -0.378 e. The van der Waals surface area contributed by atoms with Crippen molar-refractivity contribution in [2.24, 2.45) is 0 Å². The first-order valence-corrected chi connectivity index (χ1v) is 9.15. The fraction of sp³-hybridized carbons (Fsp3) is 0.278. The van der Waals surface area contributed by atoms with Gasteiger partial charge in [-0.3, -0.25) is 4.90 Å². The molecular formula is C18H18ClN3OS. The zero-order valence-electron chi connectivity index (χ0n) is 13.1. The quantitative estimate of drug-likeness (QED) is 0.752. The van der Waals surface area contributed by atoms with Gasteiger partial charge in [-0.15, -0.1) is 11.3 Å². The molecular weight excluding hydrogens is 342 g/mol. The summed E-state index contributed by atoms with van der Waals surface area (Å²) in [6.07, 6.45) is 1.88. The average molecular weight is 360 g/mol. The van der Waals surface area contributed by atoms with Crippen molar-refractivity contribution in [2.75, 3.05) is 19.8 Å². The normalized spacial score (nSPS) is 18.8. The van der Waals surface area contributed by atoms with E-state index in [4.69, 9.17) is 16.3 Å². The Morgan fingerprint density at radius 1 is 1.25 bits per heavy atom. The number of morpholine rings is 1. The van der Waals surface area contributed by atoms with E-state index in [0.717, 1.165) is 40.4 Å². The molecule has 0 radical (unpaired) electrons. The van der Waals surface area contributed by atoms with Crippen LogP contribution in [-0.4, -0.2) is 34.6 Å². The molecule has 0 spiro atoms. The molecule has 4 rings (SSSR count). The molecule has 0 saturated carbocycles. The van der Waals surface area contributed by atoms with Crippen molar-refractivity contribution in [3.63, 3.8) is 0 Å². The number of hydrogen-bond acceptors (Lipinski definition) is 4. The number of H-pyrrole nitrogens is 1. The summed E-state index contributed by atoms with van der Waals surface area (Å²) in [5.74, 6) is 0.949.